The molecule has 0 aliphatic carbocycles. The molecule has 2 aliphatic heterocycles. The van der Waals surface area contributed by atoms with E-state index in [1.165, 1.54) is 24.0 Å². The molecule has 0 unspecified atom stereocenters. The zero-order valence-electron chi connectivity index (χ0n) is 14.0. The van der Waals surface area contributed by atoms with Gasteiger partial charge in [0.15, 0.2) is 0 Å². The molecule has 0 spiro atoms. The van der Waals surface area contributed by atoms with Crippen LogP contribution in [-0.2, 0) is 19.6 Å². The van der Waals surface area contributed by atoms with Crippen LogP contribution in [0.4, 0.5) is 5.69 Å². The molecule has 1 fully saturated rings. The first-order valence-electron chi connectivity index (χ1n) is 7.73. The van der Waals surface area contributed by atoms with E-state index in [2.05, 4.69) is 10.0 Å². The minimum atomic E-state index is -3.73. The molecule has 0 radical (unpaired) electrons. The van der Waals surface area contributed by atoms with E-state index >= 15 is 0 Å². The number of carbonyl (C=O) groups is 1. The van der Waals surface area contributed by atoms with Crippen LogP contribution in [0.25, 0.3) is 0 Å². The van der Waals surface area contributed by atoms with Gasteiger partial charge in [0.25, 0.3) is 0 Å². The topological polar surface area (TPSA) is 97.0 Å². The molecule has 2 heterocycles. The normalized spacial score (nSPS) is 22.7. The zero-order chi connectivity index (χ0) is 17.3. The van der Waals surface area contributed by atoms with E-state index in [-0.39, 0.29) is 35.4 Å². The number of fused-ring (bicyclic) bond motifs is 1. The van der Waals surface area contributed by atoms with Crippen LogP contribution in [0.2, 0.25) is 0 Å². The molecule has 2 atom stereocenters. The summed E-state index contributed by atoms with van der Waals surface area (Å²) in [4.78, 5) is 13.4. The first-order chi connectivity index (χ1) is 11.4. The van der Waals surface area contributed by atoms with Crippen LogP contribution >= 0.6 is 12.4 Å². The Morgan fingerprint density at radius 2 is 2.16 bits per heavy atom. The van der Waals surface area contributed by atoms with Gasteiger partial charge in [0.1, 0.15) is 12.4 Å². The number of amides is 1. The first-order valence-corrected chi connectivity index (χ1v) is 9.21. The average Bonchev–Trinajstić information content (AvgIpc) is 3.00. The molecule has 25 heavy (non-hydrogen) atoms. The SMILES string of the molecule is CO[C@H]1CNC[C@@H]1NS(=O)(=O)c1ccc2c(c1)N(C(C)=O)CCO2.Cl. The molecule has 0 saturated carbocycles. The predicted octanol–water partition coefficient (Wildman–Crippen LogP) is 0.119. The van der Waals surface area contributed by atoms with Gasteiger partial charge in [-0.1, -0.05) is 0 Å². The van der Waals surface area contributed by atoms with E-state index in [4.69, 9.17) is 9.47 Å². The lowest BCUT2D eigenvalue weighted by atomic mass is 10.2. The Bertz CT molecular complexity index is 743. The van der Waals surface area contributed by atoms with Gasteiger partial charge < -0.3 is 19.7 Å². The molecule has 1 saturated heterocycles. The predicted molar refractivity (Wildman–Crippen MR) is 95.0 cm³/mol. The van der Waals surface area contributed by atoms with E-state index in [9.17, 15) is 13.2 Å². The molecule has 140 valence electrons. The number of sulfonamides is 1. The van der Waals surface area contributed by atoms with Crippen molar-refractivity contribution < 1.29 is 22.7 Å². The Morgan fingerprint density at radius 1 is 1.40 bits per heavy atom. The van der Waals surface area contributed by atoms with Crippen molar-refractivity contribution in [1.82, 2.24) is 10.0 Å². The summed E-state index contributed by atoms with van der Waals surface area (Å²) in [5, 5.41) is 3.09. The van der Waals surface area contributed by atoms with E-state index in [1.807, 2.05) is 0 Å². The fourth-order valence-electron chi connectivity index (χ4n) is 2.98. The van der Waals surface area contributed by atoms with Crippen molar-refractivity contribution in [2.24, 2.45) is 0 Å². The van der Waals surface area contributed by atoms with Crippen molar-refractivity contribution >= 4 is 34.0 Å². The van der Waals surface area contributed by atoms with Gasteiger partial charge in [-0.2, -0.15) is 0 Å². The third kappa shape index (κ3) is 4.06. The van der Waals surface area contributed by atoms with Crippen molar-refractivity contribution in [3.05, 3.63) is 18.2 Å². The Balaban J connectivity index is 0.00000225. The van der Waals surface area contributed by atoms with Gasteiger partial charge >= 0.3 is 0 Å². The number of benzene rings is 1. The Hall–Kier alpha value is -1.39. The molecule has 8 nitrogen and oxygen atoms in total. The summed E-state index contributed by atoms with van der Waals surface area (Å²) >= 11 is 0. The third-order valence-electron chi connectivity index (χ3n) is 4.25. The number of halogens is 1. The van der Waals surface area contributed by atoms with Crippen LogP contribution in [0.5, 0.6) is 5.75 Å². The quantitative estimate of drug-likeness (QED) is 0.756. The lowest BCUT2D eigenvalue weighted by Gasteiger charge is -2.29. The fraction of sp³-hybridized carbons (Fsp3) is 0.533. The van der Waals surface area contributed by atoms with Gasteiger partial charge in [-0.05, 0) is 18.2 Å². The molecule has 0 aromatic heterocycles. The van der Waals surface area contributed by atoms with E-state index in [0.717, 1.165) is 0 Å². The van der Waals surface area contributed by atoms with Gasteiger partial charge in [-0.25, -0.2) is 13.1 Å². The van der Waals surface area contributed by atoms with Crippen LogP contribution in [0.3, 0.4) is 0 Å². The van der Waals surface area contributed by atoms with Crippen molar-refractivity contribution in [3.8, 4) is 5.75 Å². The van der Waals surface area contributed by atoms with E-state index in [1.54, 1.807) is 13.2 Å². The van der Waals surface area contributed by atoms with E-state index < -0.39 is 10.0 Å². The minimum Gasteiger partial charge on any atom is -0.490 e. The minimum absolute atomic E-state index is 0. The Labute approximate surface area is 153 Å². The summed E-state index contributed by atoms with van der Waals surface area (Å²) in [5.74, 6) is 0.356. The number of nitrogens with zero attached hydrogens (tertiary/aromatic N) is 1. The average molecular weight is 392 g/mol. The monoisotopic (exact) mass is 391 g/mol. The number of ether oxygens (including phenoxy) is 2. The maximum Gasteiger partial charge on any atom is 0.241 e. The van der Waals surface area contributed by atoms with Gasteiger partial charge in [0.05, 0.1) is 29.3 Å². The number of anilines is 1. The second-order valence-corrected chi connectivity index (χ2v) is 7.52. The van der Waals surface area contributed by atoms with Crippen LogP contribution < -0.4 is 19.7 Å². The number of rotatable bonds is 4. The maximum atomic E-state index is 12.7. The van der Waals surface area contributed by atoms with Crippen LogP contribution in [0.15, 0.2) is 23.1 Å². The van der Waals surface area contributed by atoms with Crippen LogP contribution in [-0.4, -0.2) is 59.8 Å². The number of hydrogen-bond acceptors (Lipinski definition) is 6. The molecular formula is C15H22ClN3O5S. The van der Waals surface area contributed by atoms with Crippen molar-refractivity contribution in [1.29, 1.82) is 0 Å². The molecule has 3 rings (SSSR count). The summed E-state index contributed by atoms with van der Waals surface area (Å²) in [7, 11) is -2.18. The number of hydrogen-bond donors (Lipinski definition) is 2. The second kappa shape index (κ2) is 7.88. The van der Waals surface area contributed by atoms with Crippen molar-refractivity contribution in [3.63, 3.8) is 0 Å². The Kier molecular flexibility index (Phi) is 6.28. The molecule has 1 aromatic carbocycles. The molecular weight excluding hydrogens is 370 g/mol. The Morgan fingerprint density at radius 3 is 2.84 bits per heavy atom. The summed E-state index contributed by atoms with van der Waals surface area (Å²) in [6.07, 6.45) is -0.213. The van der Waals surface area contributed by atoms with Gasteiger partial charge in [-0.3, -0.25) is 4.79 Å². The van der Waals surface area contributed by atoms with E-state index in [0.29, 0.717) is 37.7 Å². The molecule has 2 aliphatic rings. The summed E-state index contributed by atoms with van der Waals surface area (Å²) < 4.78 is 38.8. The molecule has 2 N–H and O–H groups in total. The van der Waals surface area contributed by atoms with Crippen molar-refractivity contribution in [2.45, 2.75) is 24.0 Å². The summed E-state index contributed by atoms with van der Waals surface area (Å²) in [6.45, 7) is 3.34. The molecule has 0 bridgehead atoms. The fourth-order valence-corrected chi connectivity index (χ4v) is 4.26. The van der Waals surface area contributed by atoms with Gasteiger partial charge in [0, 0.05) is 27.1 Å². The lowest BCUT2D eigenvalue weighted by molar-refractivity contribution is -0.116. The first kappa shape index (κ1) is 19.9. The standard InChI is InChI=1S/C15H21N3O5S.ClH/c1-10(19)18-5-6-23-14-4-3-11(7-13(14)18)24(20,21)17-12-8-16-9-15(12)22-2;/h3-4,7,12,15-17H,5-6,8-9H2,1-2H3;1H/t12-,15-;/m0./s1. The highest BCUT2D eigenvalue weighted by molar-refractivity contribution is 7.89. The number of nitrogens with one attached hydrogen (secondary N) is 2. The van der Waals surface area contributed by atoms with Gasteiger partial charge in [-0.15, -0.1) is 12.4 Å². The largest absolute Gasteiger partial charge is 0.490 e. The maximum absolute atomic E-state index is 12.7. The molecule has 1 amide bonds. The number of methoxy groups -OCH3 is 1. The summed E-state index contributed by atoms with van der Waals surface area (Å²) in [5.41, 5.74) is 0.476. The zero-order valence-corrected chi connectivity index (χ0v) is 15.7. The second-order valence-electron chi connectivity index (χ2n) is 5.81. The number of carbonyl (C=O) groups excluding carboxylic acids is 1. The lowest BCUT2D eigenvalue weighted by Crippen LogP contribution is -2.43. The van der Waals surface area contributed by atoms with Crippen molar-refractivity contribution in [2.75, 3.05) is 38.3 Å². The molecule has 10 heteroatoms. The highest BCUT2D eigenvalue weighted by Gasteiger charge is 2.32. The smallest absolute Gasteiger partial charge is 0.241 e. The third-order valence-corrected chi connectivity index (χ3v) is 5.74. The summed E-state index contributed by atoms with van der Waals surface area (Å²) in [6, 6.07) is 4.20. The highest BCUT2D eigenvalue weighted by Crippen LogP contribution is 2.33. The molecule has 1 aromatic rings. The van der Waals surface area contributed by atoms with Gasteiger partial charge in [0.2, 0.25) is 15.9 Å². The van der Waals surface area contributed by atoms with Crippen LogP contribution in [0, 0.1) is 0 Å². The van der Waals surface area contributed by atoms with Crippen LogP contribution in [0.1, 0.15) is 6.92 Å². The highest BCUT2D eigenvalue weighted by atomic mass is 35.5.